The lowest BCUT2D eigenvalue weighted by Gasteiger charge is -2.21. The average molecular weight is 273 g/mol. The van der Waals surface area contributed by atoms with Crippen LogP contribution in [0.5, 0.6) is 0 Å². The molecule has 1 fully saturated rings. The second-order valence-corrected chi connectivity index (χ2v) is 6.17. The van der Waals surface area contributed by atoms with Gasteiger partial charge in [-0.05, 0) is 19.8 Å². The Morgan fingerprint density at radius 3 is 2.72 bits per heavy atom. The third kappa shape index (κ3) is 1.91. The van der Waals surface area contributed by atoms with Crippen LogP contribution in [0.15, 0.2) is 11.2 Å². The van der Waals surface area contributed by atoms with Gasteiger partial charge in [0.1, 0.15) is 6.04 Å². The minimum atomic E-state index is -3.80. The van der Waals surface area contributed by atoms with Gasteiger partial charge in [-0.1, -0.05) is 0 Å². The third-order valence-electron chi connectivity index (χ3n) is 3.10. The number of sulfonamides is 1. The maximum absolute atomic E-state index is 12.5. The van der Waals surface area contributed by atoms with E-state index in [4.69, 9.17) is 5.11 Å². The van der Waals surface area contributed by atoms with Crippen molar-refractivity contribution in [2.24, 2.45) is 7.05 Å². The van der Waals surface area contributed by atoms with Crippen LogP contribution < -0.4 is 0 Å². The lowest BCUT2D eigenvalue weighted by atomic mass is 10.2. The smallest absolute Gasteiger partial charge is 0.322 e. The van der Waals surface area contributed by atoms with Crippen LogP contribution in [0.1, 0.15) is 18.4 Å². The van der Waals surface area contributed by atoms with Crippen LogP contribution in [-0.4, -0.2) is 46.2 Å². The summed E-state index contributed by atoms with van der Waals surface area (Å²) in [6.07, 6.45) is 2.37. The molecular formula is C10H15N3O4S. The van der Waals surface area contributed by atoms with E-state index in [0.717, 1.165) is 4.31 Å². The van der Waals surface area contributed by atoms with Crippen LogP contribution in [0, 0.1) is 6.92 Å². The molecule has 0 bridgehead atoms. The Hall–Kier alpha value is -1.41. The molecule has 0 aromatic carbocycles. The van der Waals surface area contributed by atoms with E-state index < -0.39 is 22.0 Å². The molecule has 8 heteroatoms. The van der Waals surface area contributed by atoms with E-state index in [9.17, 15) is 13.2 Å². The molecule has 0 amide bonds. The normalized spacial score (nSPS) is 21.3. The van der Waals surface area contributed by atoms with Crippen molar-refractivity contribution in [1.29, 1.82) is 0 Å². The molecule has 7 nitrogen and oxygen atoms in total. The van der Waals surface area contributed by atoms with E-state index in [2.05, 4.69) is 5.10 Å². The summed E-state index contributed by atoms with van der Waals surface area (Å²) in [6, 6.07) is -0.968. The molecule has 100 valence electrons. The molecule has 1 unspecified atom stereocenters. The minimum Gasteiger partial charge on any atom is -0.480 e. The number of aryl methyl sites for hydroxylation is 2. The second-order valence-electron chi connectivity index (χ2n) is 4.37. The molecule has 1 saturated heterocycles. The van der Waals surface area contributed by atoms with Crippen molar-refractivity contribution in [3.05, 3.63) is 11.8 Å². The average Bonchev–Trinajstić information content (AvgIpc) is 2.85. The Balaban J connectivity index is 2.46. The molecule has 1 aromatic rings. The molecule has 18 heavy (non-hydrogen) atoms. The van der Waals surface area contributed by atoms with Crippen LogP contribution in [0.2, 0.25) is 0 Å². The summed E-state index contributed by atoms with van der Waals surface area (Å²) in [5.41, 5.74) is 0.522. The van der Waals surface area contributed by atoms with E-state index in [-0.39, 0.29) is 11.6 Å². The molecule has 0 radical (unpaired) electrons. The van der Waals surface area contributed by atoms with Crippen molar-refractivity contribution < 1.29 is 18.3 Å². The van der Waals surface area contributed by atoms with Crippen molar-refractivity contribution in [1.82, 2.24) is 14.1 Å². The number of hydrogen-bond acceptors (Lipinski definition) is 4. The van der Waals surface area contributed by atoms with Gasteiger partial charge in [-0.25, -0.2) is 8.42 Å². The van der Waals surface area contributed by atoms with Crippen molar-refractivity contribution in [3.63, 3.8) is 0 Å². The van der Waals surface area contributed by atoms with Gasteiger partial charge in [0.05, 0.1) is 6.20 Å². The van der Waals surface area contributed by atoms with Gasteiger partial charge in [0.25, 0.3) is 10.0 Å². The van der Waals surface area contributed by atoms with Crippen molar-refractivity contribution in [2.45, 2.75) is 30.8 Å². The number of carboxylic acids is 1. The molecule has 1 atom stereocenters. The molecular weight excluding hydrogens is 258 g/mol. The number of aliphatic carboxylic acids is 1. The molecule has 2 rings (SSSR count). The monoisotopic (exact) mass is 273 g/mol. The number of nitrogens with zero attached hydrogens (tertiary/aromatic N) is 3. The van der Waals surface area contributed by atoms with E-state index >= 15 is 0 Å². The quantitative estimate of drug-likeness (QED) is 0.834. The summed E-state index contributed by atoms with van der Waals surface area (Å²) < 4.78 is 27.2. The third-order valence-corrected chi connectivity index (χ3v) is 5.23. The standard InChI is InChI=1S/C10H15N3O4S/c1-7-6-11-12(2)9(7)18(16,17)13-5-3-4-8(13)10(14)15/h6,8H,3-5H2,1-2H3,(H,14,15). The van der Waals surface area contributed by atoms with Crippen LogP contribution >= 0.6 is 0 Å². The molecule has 0 aliphatic carbocycles. The summed E-state index contributed by atoms with van der Waals surface area (Å²) in [7, 11) is -2.26. The summed E-state index contributed by atoms with van der Waals surface area (Å²) in [6.45, 7) is 1.88. The van der Waals surface area contributed by atoms with Gasteiger partial charge in [0.2, 0.25) is 0 Å². The van der Waals surface area contributed by atoms with Crippen LogP contribution in [0.4, 0.5) is 0 Å². The maximum Gasteiger partial charge on any atom is 0.322 e. The first-order chi connectivity index (χ1) is 8.35. The topological polar surface area (TPSA) is 92.5 Å². The number of hydrogen-bond donors (Lipinski definition) is 1. The van der Waals surface area contributed by atoms with Gasteiger partial charge in [-0.15, -0.1) is 0 Å². The summed E-state index contributed by atoms with van der Waals surface area (Å²) >= 11 is 0. The number of carboxylic acid groups (broad SMARTS) is 1. The number of carbonyl (C=O) groups is 1. The van der Waals surface area contributed by atoms with E-state index in [1.807, 2.05) is 0 Å². The fourth-order valence-corrected chi connectivity index (χ4v) is 4.26. The summed E-state index contributed by atoms with van der Waals surface area (Å²) in [4.78, 5) is 11.1. The SMILES string of the molecule is Cc1cnn(C)c1S(=O)(=O)N1CCCC1C(=O)O. The van der Waals surface area contributed by atoms with Gasteiger partial charge >= 0.3 is 5.97 Å². The fourth-order valence-electron chi connectivity index (χ4n) is 2.29. The highest BCUT2D eigenvalue weighted by Gasteiger charge is 2.41. The Labute approximate surface area is 105 Å². The zero-order chi connectivity index (χ0) is 13.5. The lowest BCUT2D eigenvalue weighted by molar-refractivity contribution is -0.140. The zero-order valence-electron chi connectivity index (χ0n) is 10.2. The van der Waals surface area contributed by atoms with Crippen molar-refractivity contribution in [3.8, 4) is 0 Å². The summed E-state index contributed by atoms with van der Waals surface area (Å²) in [5, 5.41) is 13.0. The Bertz CT molecular complexity index is 558. The zero-order valence-corrected chi connectivity index (χ0v) is 11.0. The lowest BCUT2D eigenvalue weighted by Crippen LogP contribution is -2.41. The molecule has 1 aliphatic heterocycles. The largest absolute Gasteiger partial charge is 0.480 e. The molecule has 1 N–H and O–H groups in total. The minimum absolute atomic E-state index is 0.0654. The predicted octanol–water partition coefficient (Wildman–Crippen LogP) is -0.0338. The van der Waals surface area contributed by atoms with Gasteiger partial charge in [-0.3, -0.25) is 9.48 Å². The molecule has 1 aromatic heterocycles. The Morgan fingerprint density at radius 1 is 1.56 bits per heavy atom. The van der Waals surface area contributed by atoms with Crippen LogP contribution in [0.25, 0.3) is 0 Å². The predicted molar refractivity (Wildman–Crippen MR) is 62.5 cm³/mol. The second kappa shape index (κ2) is 4.36. The van der Waals surface area contributed by atoms with Gasteiger partial charge in [0.15, 0.2) is 5.03 Å². The van der Waals surface area contributed by atoms with Crippen LogP contribution in [-0.2, 0) is 21.9 Å². The van der Waals surface area contributed by atoms with Crippen molar-refractivity contribution in [2.75, 3.05) is 6.54 Å². The summed E-state index contributed by atoms with van der Waals surface area (Å²) in [5.74, 6) is -1.10. The first kappa shape index (κ1) is 13.0. The Morgan fingerprint density at radius 2 is 2.22 bits per heavy atom. The van der Waals surface area contributed by atoms with Gasteiger partial charge in [0, 0.05) is 19.2 Å². The highest BCUT2D eigenvalue weighted by atomic mass is 32.2. The molecule has 0 saturated carbocycles. The van der Waals surface area contributed by atoms with E-state index in [1.54, 1.807) is 6.92 Å². The first-order valence-electron chi connectivity index (χ1n) is 5.59. The number of rotatable bonds is 3. The Kier molecular flexibility index (Phi) is 3.16. The van der Waals surface area contributed by atoms with E-state index in [1.165, 1.54) is 17.9 Å². The maximum atomic E-state index is 12.5. The molecule has 0 spiro atoms. The van der Waals surface area contributed by atoms with Gasteiger partial charge in [-0.2, -0.15) is 9.40 Å². The number of aromatic nitrogens is 2. The highest BCUT2D eigenvalue weighted by Crippen LogP contribution is 2.27. The highest BCUT2D eigenvalue weighted by molar-refractivity contribution is 7.89. The van der Waals surface area contributed by atoms with E-state index in [0.29, 0.717) is 18.4 Å². The van der Waals surface area contributed by atoms with Gasteiger partial charge < -0.3 is 5.11 Å². The molecule has 2 heterocycles. The molecule has 1 aliphatic rings. The first-order valence-corrected chi connectivity index (χ1v) is 7.03. The van der Waals surface area contributed by atoms with Crippen LogP contribution in [0.3, 0.4) is 0 Å². The van der Waals surface area contributed by atoms with Crippen molar-refractivity contribution >= 4 is 16.0 Å². The fraction of sp³-hybridized carbons (Fsp3) is 0.600.